The largest absolute Gasteiger partial charge is 0.306 e. The van der Waals surface area contributed by atoms with Crippen molar-refractivity contribution in [3.05, 3.63) is 130 Å². The van der Waals surface area contributed by atoms with E-state index in [0.717, 1.165) is 31.5 Å². The smallest absolute Gasteiger partial charge is 0.123 e. The summed E-state index contributed by atoms with van der Waals surface area (Å²) >= 11 is 0. The van der Waals surface area contributed by atoms with Crippen LogP contribution in [0.5, 0.6) is 0 Å². The lowest BCUT2D eigenvalue weighted by Crippen LogP contribution is -2.25. The number of allylic oxidation sites excluding steroid dienone is 2. The number of nitrogens with one attached hydrogen (secondary N) is 1. The van der Waals surface area contributed by atoms with Crippen LogP contribution in [0, 0.1) is 11.7 Å². The van der Waals surface area contributed by atoms with Crippen LogP contribution in [0.2, 0.25) is 0 Å². The second-order valence-electron chi connectivity index (χ2n) is 10.2. The van der Waals surface area contributed by atoms with E-state index in [4.69, 9.17) is 5.10 Å². The highest BCUT2D eigenvalue weighted by atomic mass is 19.1. The Kier molecular flexibility index (Phi) is 6.28. The van der Waals surface area contributed by atoms with E-state index in [1.165, 1.54) is 40.9 Å². The highest BCUT2D eigenvalue weighted by Crippen LogP contribution is 2.49. The highest BCUT2D eigenvalue weighted by Gasteiger charge is 2.37. The second kappa shape index (κ2) is 9.87. The molecule has 0 bridgehead atoms. The topological polar surface area (TPSA) is 29.9 Å². The summed E-state index contributed by atoms with van der Waals surface area (Å²) in [7, 11) is 0. The van der Waals surface area contributed by atoms with Gasteiger partial charge >= 0.3 is 0 Å². The molecular formula is C32H32FN3. The number of halogens is 1. The lowest BCUT2D eigenvalue weighted by atomic mass is 9.77. The van der Waals surface area contributed by atoms with Gasteiger partial charge in [0.25, 0.3) is 0 Å². The third-order valence-corrected chi connectivity index (χ3v) is 8.05. The van der Waals surface area contributed by atoms with Crippen molar-refractivity contribution in [3.8, 4) is 5.69 Å². The van der Waals surface area contributed by atoms with Gasteiger partial charge in [0.2, 0.25) is 0 Å². The van der Waals surface area contributed by atoms with Crippen molar-refractivity contribution in [3.63, 3.8) is 0 Å². The van der Waals surface area contributed by atoms with E-state index in [1.54, 1.807) is 11.1 Å². The van der Waals surface area contributed by atoms with Crippen molar-refractivity contribution in [1.82, 2.24) is 15.1 Å². The highest BCUT2D eigenvalue weighted by molar-refractivity contribution is 5.47. The first kappa shape index (κ1) is 22.9. The van der Waals surface area contributed by atoms with Crippen LogP contribution in [0.4, 0.5) is 4.39 Å². The Morgan fingerprint density at radius 2 is 1.69 bits per heavy atom. The molecule has 0 saturated carbocycles. The monoisotopic (exact) mass is 477 g/mol. The first-order chi connectivity index (χ1) is 17.7. The van der Waals surface area contributed by atoms with Crippen LogP contribution >= 0.6 is 0 Å². The second-order valence-corrected chi connectivity index (χ2v) is 10.2. The van der Waals surface area contributed by atoms with E-state index in [-0.39, 0.29) is 5.82 Å². The van der Waals surface area contributed by atoms with Gasteiger partial charge in [0.1, 0.15) is 5.82 Å². The minimum absolute atomic E-state index is 0.217. The molecule has 1 heterocycles. The third-order valence-electron chi connectivity index (χ3n) is 8.05. The average Bonchev–Trinajstić information content (AvgIpc) is 3.53. The number of hydrogen-bond donors (Lipinski definition) is 1. The summed E-state index contributed by atoms with van der Waals surface area (Å²) in [6.07, 6.45) is 6.43. The first-order valence-electron chi connectivity index (χ1n) is 13.0. The van der Waals surface area contributed by atoms with E-state index in [1.807, 2.05) is 23.0 Å². The summed E-state index contributed by atoms with van der Waals surface area (Å²) in [5.41, 5.74) is 9.39. The maximum atomic E-state index is 13.5. The summed E-state index contributed by atoms with van der Waals surface area (Å²) in [6, 6.07) is 28.5. The zero-order valence-corrected chi connectivity index (χ0v) is 20.7. The van der Waals surface area contributed by atoms with Gasteiger partial charge < -0.3 is 5.32 Å². The molecule has 0 fully saturated rings. The fourth-order valence-corrected chi connectivity index (χ4v) is 6.28. The van der Waals surface area contributed by atoms with Gasteiger partial charge in [-0.1, -0.05) is 78.7 Å². The van der Waals surface area contributed by atoms with Crippen LogP contribution in [-0.2, 0) is 13.0 Å². The van der Waals surface area contributed by atoms with Crippen LogP contribution < -0.4 is 5.32 Å². The molecule has 0 saturated heterocycles. The fourth-order valence-electron chi connectivity index (χ4n) is 6.28. The molecule has 182 valence electrons. The van der Waals surface area contributed by atoms with Crippen molar-refractivity contribution >= 4 is 0 Å². The Balaban J connectivity index is 1.25. The van der Waals surface area contributed by atoms with Crippen molar-refractivity contribution in [2.45, 2.75) is 51.1 Å². The van der Waals surface area contributed by atoms with E-state index >= 15 is 0 Å². The molecule has 3 aromatic carbocycles. The van der Waals surface area contributed by atoms with E-state index in [9.17, 15) is 4.39 Å². The molecule has 0 aliphatic heterocycles. The number of aromatic nitrogens is 2. The molecule has 4 heteroatoms. The summed E-state index contributed by atoms with van der Waals surface area (Å²) in [5, 5.41) is 8.60. The molecule has 0 amide bonds. The SMILES string of the molecule is C[C@@H]1C2=C(CC[C@@H]2CC(NCc2ccccc2)c2ccccc2)Cc2c1cnn2-c1ccc(F)cc1. The average molecular weight is 478 g/mol. The van der Waals surface area contributed by atoms with Gasteiger partial charge in [0.05, 0.1) is 17.6 Å². The molecule has 1 N–H and O–H groups in total. The Labute approximate surface area is 212 Å². The predicted molar refractivity (Wildman–Crippen MR) is 142 cm³/mol. The summed E-state index contributed by atoms with van der Waals surface area (Å²) in [5.74, 6) is 0.701. The zero-order chi connectivity index (χ0) is 24.5. The van der Waals surface area contributed by atoms with Crippen molar-refractivity contribution in [2.75, 3.05) is 0 Å². The van der Waals surface area contributed by atoms with Crippen LogP contribution in [0.3, 0.4) is 0 Å². The number of nitrogens with zero attached hydrogens (tertiary/aromatic N) is 2. The molecular weight excluding hydrogens is 445 g/mol. The normalized spacial score (nSPS) is 19.7. The number of benzene rings is 3. The number of fused-ring (bicyclic) bond motifs is 1. The van der Waals surface area contributed by atoms with Crippen LogP contribution in [0.25, 0.3) is 5.69 Å². The van der Waals surface area contributed by atoms with E-state index < -0.39 is 0 Å². The molecule has 2 aliphatic carbocycles. The Morgan fingerprint density at radius 1 is 0.972 bits per heavy atom. The predicted octanol–water partition coefficient (Wildman–Crippen LogP) is 7.30. The van der Waals surface area contributed by atoms with Gasteiger partial charge in [-0.3, -0.25) is 0 Å². The summed E-state index contributed by atoms with van der Waals surface area (Å²) < 4.78 is 15.5. The molecule has 6 rings (SSSR count). The molecule has 2 aliphatic rings. The molecule has 3 atom stereocenters. The molecule has 3 nitrogen and oxygen atoms in total. The maximum absolute atomic E-state index is 13.5. The molecule has 0 radical (unpaired) electrons. The Morgan fingerprint density at radius 3 is 2.44 bits per heavy atom. The van der Waals surface area contributed by atoms with Crippen LogP contribution in [-0.4, -0.2) is 9.78 Å². The van der Waals surface area contributed by atoms with Crippen molar-refractivity contribution < 1.29 is 4.39 Å². The van der Waals surface area contributed by atoms with Gasteiger partial charge in [-0.05, 0) is 60.6 Å². The Bertz CT molecular complexity index is 1360. The molecule has 1 aromatic heterocycles. The van der Waals surface area contributed by atoms with Gasteiger partial charge in [0.15, 0.2) is 0 Å². The summed E-state index contributed by atoms with van der Waals surface area (Å²) in [4.78, 5) is 0. The van der Waals surface area contributed by atoms with Gasteiger partial charge in [-0.2, -0.15) is 5.10 Å². The minimum atomic E-state index is -0.217. The van der Waals surface area contributed by atoms with Crippen molar-refractivity contribution in [2.24, 2.45) is 5.92 Å². The van der Waals surface area contributed by atoms with Gasteiger partial charge in [-0.25, -0.2) is 9.07 Å². The lowest BCUT2D eigenvalue weighted by Gasteiger charge is -2.30. The lowest BCUT2D eigenvalue weighted by molar-refractivity contribution is 0.411. The standard InChI is InChI=1S/C32H32FN3/c1-22-29-21-35-36(28-16-14-27(33)15-17-28)31(29)19-26-13-12-25(32(22)26)18-30(24-10-6-3-7-11-24)34-20-23-8-4-2-5-9-23/h2-11,14-17,21-22,25,30,34H,12-13,18-20H2,1H3/t22-,25+,30?/m0/s1. The molecule has 36 heavy (non-hydrogen) atoms. The number of rotatable bonds is 7. The van der Waals surface area contributed by atoms with Crippen LogP contribution in [0.1, 0.15) is 60.5 Å². The molecule has 1 unspecified atom stereocenters. The Hall–Kier alpha value is -3.50. The minimum Gasteiger partial charge on any atom is -0.306 e. The van der Waals surface area contributed by atoms with E-state index in [2.05, 4.69) is 72.9 Å². The van der Waals surface area contributed by atoms with Crippen LogP contribution in [0.15, 0.2) is 102 Å². The van der Waals surface area contributed by atoms with Crippen molar-refractivity contribution in [1.29, 1.82) is 0 Å². The summed E-state index contributed by atoms with van der Waals surface area (Å²) in [6.45, 7) is 3.21. The quantitative estimate of drug-likeness (QED) is 0.283. The zero-order valence-electron chi connectivity index (χ0n) is 20.7. The fraction of sp³-hybridized carbons (Fsp3) is 0.281. The third kappa shape index (κ3) is 4.42. The first-order valence-corrected chi connectivity index (χ1v) is 13.0. The molecule has 0 spiro atoms. The van der Waals surface area contributed by atoms with Gasteiger partial charge in [-0.15, -0.1) is 0 Å². The number of hydrogen-bond acceptors (Lipinski definition) is 2. The molecule has 4 aromatic rings. The van der Waals surface area contributed by atoms with Gasteiger partial charge in [0, 0.05) is 30.5 Å². The van der Waals surface area contributed by atoms with E-state index in [0.29, 0.717) is 17.9 Å². The maximum Gasteiger partial charge on any atom is 0.123 e.